The summed E-state index contributed by atoms with van der Waals surface area (Å²) in [6.07, 6.45) is 2.13. The lowest BCUT2D eigenvalue weighted by molar-refractivity contribution is -0.143. The first-order chi connectivity index (χ1) is 6.18. The topological polar surface area (TPSA) is 69.2 Å². The van der Waals surface area contributed by atoms with Crippen molar-refractivity contribution >= 4 is 5.97 Å². The lowest BCUT2D eigenvalue weighted by Crippen LogP contribution is -2.43. The van der Waals surface area contributed by atoms with Crippen LogP contribution in [0.1, 0.15) is 11.4 Å². The number of aromatic nitrogens is 2. The number of carboxylic acids is 1. The highest BCUT2D eigenvalue weighted by molar-refractivity contribution is 5.74. The molecule has 0 aromatic carbocycles. The molecule has 0 fully saturated rings. The number of hydrogen-bond donors (Lipinski definition) is 2. The molecule has 0 bridgehead atoms. The number of nitrogens with zero attached hydrogens (tertiary/aromatic N) is 2. The summed E-state index contributed by atoms with van der Waals surface area (Å²) in [5.41, 5.74) is 1.91. The predicted molar refractivity (Wildman–Crippen MR) is 45.2 cm³/mol. The third-order valence-corrected chi connectivity index (χ3v) is 2.42. The van der Waals surface area contributed by atoms with Crippen LogP contribution in [0.2, 0.25) is 0 Å². The van der Waals surface area contributed by atoms with Gasteiger partial charge in [-0.05, 0) is 7.05 Å². The highest BCUT2D eigenvalue weighted by Crippen LogP contribution is 2.18. The Hall–Kier alpha value is -1.36. The number of aliphatic carboxylic acids is 1. The van der Waals surface area contributed by atoms with Crippen LogP contribution in [-0.4, -0.2) is 39.0 Å². The third-order valence-electron chi connectivity index (χ3n) is 2.42. The number of carbonyl (C=O) groups is 1. The molecule has 70 valence electrons. The van der Waals surface area contributed by atoms with Gasteiger partial charge in [0, 0.05) is 18.7 Å². The van der Waals surface area contributed by atoms with E-state index in [4.69, 9.17) is 5.11 Å². The zero-order valence-electron chi connectivity index (χ0n) is 7.32. The van der Waals surface area contributed by atoms with E-state index in [0.717, 1.165) is 11.4 Å². The molecule has 0 radical (unpaired) electrons. The minimum Gasteiger partial charge on any atom is -0.480 e. The second-order valence-corrected chi connectivity index (χ2v) is 3.30. The second kappa shape index (κ2) is 2.85. The lowest BCUT2D eigenvalue weighted by atomic mass is 10.0. The molecule has 1 aliphatic heterocycles. The van der Waals surface area contributed by atoms with Crippen LogP contribution in [0.4, 0.5) is 0 Å². The minimum absolute atomic E-state index is 0.423. The Balaban J connectivity index is 2.27. The van der Waals surface area contributed by atoms with E-state index in [0.29, 0.717) is 13.0 Å². The first-order valence-electron chi connectivity index (χ1n) is 4.12. The van der Waals surface area contributed by atoms with Crippen LogP contribution in [0.3, 0.4) is 0 Å². The van der Waals surface area contributed by atoms with Gasteiger partial charge in [0.1, 0.15) is 6.04 Å². The van der Waals surface area contributed by atoms with Crippen LogP contribution < -0.4 is 0 Å². The zero-order valence-corrected chi connectivity index (χ0v) is 7.32. The number of rotatable bonds is 1. The largest absolute Gasteiger partial charge is 0.480 e. The molecule has 5 heteroatoms. The fourth-order valence-electron chi connectivity index (χ4n) is 1.63. The van der Waals surface area contributed by atoms with Crippen molar-refractivity contribution < 1.29 is 9.90 Å². The second-order valence-electron chi connectivity index (χ2n) is 3.30. The van der Waals surface area contributed by atoms with Crippen LogP contribution in [0.5, 0.6) is 0 Å². The van der Waals surface area contributed by atoms with Crippen LogP contribution in [0.15, 0.2) is 6.33 Å². The number of H-pyrrole nitrogens is 1. The van der Waals surface area contributed by atoms with Crippen molar-refractivity contribution in [3.05, 3.63) is 17.7 Å². The molecule has 0 unspecified atom stereocenters. The quantitative estimate of drug-likeness (QED) is 0.632. The number of carboxylic acid groups (broad SMARTS) is 1. The highest BCUT2D eigenvalue weighted by atomic mass is 16.4. The first-order valence-corrected chi connectivity index (χ1v) is 4.12. The van der Waals surface area contributed by atoms with Gasteiger partial charge in [0.2, 0.25) is 0 Å². The molecule has 5 nitrogen and oxygen atoms in total. The monoisotopic (exact) mass is 181 g/mol. The normalized spacial score (nSPS) is 22.7. The fraction of sp³-hybridized carbons (Fsp3) is 0.500. The van der Waals surface area contributed by atoms with Crippen molar-refractivity contribution in [1.29, 1.82) is 0 Å². The van der Waals surface area contributed by atoms with Gasteiger partial charge in [-0.15, -0.1) is 0 Å². The van der Waals surface area contributed by atoms with Gasteiger partial charge in [0.15, 0.2) is 0 Å². The number of fused-ring (bicyclic) bond motifs is 1. The molecule has 0 amide bonds. The Labute approximate surface area is 75.4 Å². The van der Waals surface area contributed by atoms with Gasteiger partial charge in [-0.1, -0.05) is 0 Å². The number of aromatic amines is 1. The zero-order chi connectivity index (χ0) is 9.42. The molecule has 1 atom stereocenters. The molecular formula is C8H11N3O2. The Bertz CT molecular complexity index is 334. The van der Waals surface area contributed by atoms with Gasteiger partial charge in [-0.3, -0.25) is 9.69 Å². The van der Waals surface area contributed by atoms with E-state index in [1.165, 1.54) is 0 Å². The summed E-state index contributed by atoms with van der Waals surface area (Å²) < 4.78 is 0. The highest BCUT2D eigenvalue weighted by Gasteiger charge is 2.29. The molecule has 0 aliphatic carbocycles. The van der Waals surface area contributed by atoms with E-state index in [1.807, 2.05) is 0 Å². The molecule has 2 N–H and O–H groups in total. The van der Waals surface area contributed by atoms with Crippen LogP contribution in [0.25, 0.3) is 0 Å². The molecule has 1 aromatic rings. The maximum absolute atomic E-state index is 10.8. The Morgan fingerprint density at radius 1 is 1.85 bits per heavy atom. The Morgan fingerprint density at radius 3 is 3.31 bits per heavy atom. The molecule has 13 heavy (non-hydrogen) atoms. The molecular weight excluding hydrogens is 170 g/mol. The lowest BCUT2D eigenvalue weighted by Gasteiger charge is -2.28. The van der Waals surface area contributed by atoms with Gasteiger partial charge in [-0.25, -0.2) is 4.98 Å². The molecule has 0 saturated carbocycles. The van der Waals surface area contributed by atoms with Crippen molar-refractivity contribution in [3.63, 3.8) is 0 Å². The average Bonchev–Trinajstić information content (AvgIpc) is 2.48. The van der Waals surface area contributed by atoms with Gasteiger partial charge < -0.3 is 10.1 Å². The van der Waals surface area contributed by atoms with Crippen molar-refractivity contribution in [2.24, 2.45) is 0 Å². The van der Waals surface area contributed by atoms with Gasteiger partial charge in [-0.2, -0.15) is 0 Å². The van der Waals surface area contributed by atoms with Crippen molar-refractivity contribution in [1.82, 2.24) is 14.9 Å². The van der Waals surface area contributed by atoms with Crippen LogP contribution in [-0.2, 0) is 17.8 Å². The van der Waals surface area contributed by atoms with Gasteiger partial charge in [0.25, 0.3) is 0 Å². The van der Waals surface area contributed by atoms with Crippen molar-refractivity contribution in [2.75, 3.05) is 7.05 Å². The summed E-state index contributed by atoms with van der Waals surface area (Å²) in [6.45, 7) is 0.607. The summed E-state index contributed by atoms with van der Waals surface area (Å²) in [6, 6.07) is -0.423. The molecule has 1 aliphatic rings. The Morgan fingerprint density at radius 2 is 2.62 bits per heavy atom. The smallest absolute Gasteiger partial charge is 0.321 e. The fourth-order valence-corrected chi connectivity index (χ4v) is 1.63. The SMILES string of the molecule is CN1Cc2nc[nH]c2C[C@H]1C(=O)O. The number of nitrogens with one attached hydrogen (secondary N) is 1. The summed E-state index contributed by atoms with van der Waals surface area (Å²) in [5, 5.41) is 8.90. The molecule has 1 aromatic heterocycles. The van der Waals surface area contributed by atoms with Gasteiger partial charge >= 0.3 is 5.97 Å². The molecule has 0 spiro atoms. The van der Waals surface area contributed by atoms with E-state index >= 15 is 0 Å². The van der Waals surface area contributed by atoms with Crippen molar-refractivity contribution in [2.45, 2.75) is 19.0 Å². The molecule has 0 saturated heterocycles. The van der Waals surface area contributed by atoms with Gasteiger partial charge in [0.05, 0.1) is 12.0 Å². The minimum atomic E-state index is -0.775. The number of likely N-dealkylation sites (N-methyl/N-ethyl adjacent to an activating group) is 1. The van der Waals surface area contributed by atoms with Crippen LogP contribution in [0, 0.1) is 0 Å². The van der Waals surface area contributed by atoms with Crippen molar-refractivity contribution in [3.8, 4) is 0 Å². The first kappa shape index (κ1) is 8.25. The summed E-state index contributed by atoms with van der Waals surface area (Å²) >= 11 is 0. The molecule has 2 rings (SSSR count). The van der Waals surface area contributed by atoms with E-state index in [9.17, 15) is 4.79 Å². The maximum atomic E-state index is 10.8. The summed E-state index contributed by atoms with van der Waals surface area (Å²) in [4.78, 5) is 19.7. The van der Waals surface area contributed by atoms with E-state index < -0.39 is 12.0 Å². The van der Waals surface area contributed by atoms with E-state index in [2.05, 4.69) is 9.97 Å². The van der Waals surface area contributed by atoms with E-state index in [-0.39, 0.29) is 0 Å². The predicted octanol–water partition coefficient (Wildman–Crippen LogP) is -0.149. The number of imidazole rings is 1. The molecule has 2 heterocycles. The Kier molecular flexibility index (Phi) is 1.81. The summed E-state index contributed by atoms with van der Waals surface area (Å²) in [7, 11) is 1.80. The standard InChI is InChI=1S/C8H11N3O2/c1-11-3-6-5(9-4-10-6)2-7(11)8(12)13/h4,7H,2-3H2,1H3,(H,9,10)(H,12,13)/t7-/m0/s1. The van der Waals surface area contributed by atoms with Crippen LogP contribution >= 0.6 is 0 Å². The maximum Gasteiger partial charge on any atom is 0.321 e. The number of hydrogen-bond acceptors (Lipinski definition) is 3. The van der Waals surface area contributed by atoms with E-state index in [1.54, 1.807) is 18.3 Å². The average molecular weight is 181 g/mol. The third kappa shape index (κ3) is 1.31. The summed E-state index contributed by atoms with van der Waals surface area (Å²) in [5.74, 6) is -0.775.